The Morgan fingerprint density at radius 1 is 1.23 bits per heavy atom. The van der Waals surface area contributed by atoms with Crippen LogP contribution in [0.4, 0.5) is 0 Å². The quantitative estimate of drug-likeness (QED) is 0.854. The van der Waals surface area contributed by atoms with Gasteiger partial charge in [0.25, 0.3) is 0 Å². The number of nitrogens with two attached hydrogens (primary N) is 1. The van der Waals surface area contributed by atoms with Crippen LogP contribution in [0.5, 0.6) is 0 Å². The topological polar surface area (TPSA) is 73.1 Å². The lowest BCUT2D eigenvalue weighted by Gasteiger charge is -2.07. The smallest absolute Gasteiger partial charge is 0.154 e. The highest BCUT2D eigenvalue weighted by atomic mass is 35.5. The summed E-state index contributed by atoms with van der Waals surface area (Å²) in [5, 5.41) is 0.968. The van der Waals surface area contributed by atoms with Gasteiger partial charge in [-0.05, 0) is 37.5 Å². The molecule has 0 bridgehead atoms. The number of nitrogens with zero attached hydrogens (tertiary/aromatic N) is 1. The van der Waals surface area contributed by atoms with Crippen LogP contribution in [0.3, 0.4) is 0 Å². The van der Waals surface area contributed by atoms with Gasteiger partial charge in [0.15, 0.2) is 9.84 Å². The number of halogens is 2. The third-order valence-electron chi connectivity index (χ3n) is 3.15. The minimum atomic E-state index is -3.09. The summed E-state index contributed by atoms with van der Waals surface area (Å²) < 4.78 is 24.1. The molecule has 0 saturated heterocycles. The molecule has 124 valence electrons. The Hall–Kier alpha value is -0.880. The first-order valence-electron chi connectivity index (χ1n) is 6.76. The number of fused-ring (bicyclic) bond motifs is 1. The van der Waals surface area contributed by atoms with Gasteiger partial charge in [0.05, 0.1) is 17.0 Å². The Bertz CT molecular complexity index is 691. The first-order valence-corrected chi connectivity index (χ1v) is 8.58. The van der Waals surface area contributed by atoms with Crippen LogP contribution >= 0.6 is 24.8 Å². The van der Waals surface area contributed by atoms with Crippen molar-refractivity contribution in [2.45, 2.75) is 31.6 Å². The molecular weight excluding hydrogens is 343 g/mol. The van der Waals surface area contributed by atoms with Crippen molar-refractivity contribution < 1.29 is 8.42 Å². The summed E-state index contributed by atoms with van der Waals surface area (Å²) in [7, 11) is -3.09. The van der Waals surface area contributed by atoms with Crippen LogP contribution in [0.2, 0.25) is 0 Å². The lowest BCUT2D eigenvalue weighted by molar-refractivity contribution is 0.584. The van der Waals surface area contributed by atoms with Crippen molar-refractivity contribution in [2.24, 2.45) is 5.73 Å². The number of hydrogen-bond donors (Lipinski definition) is 1. The van der Waals surface area contributed by atoms with Crippen LogP contribution in [-0.4, -0.2) is 25.2 Å². The molecule has 2 N–H and O–H groups in total. The molecule has 2 aromatic rings. The molecule has 4 nitrogen and oxygen atoms in total. The molecule has 1 aromatic carbocycles. The van der Waals surface area contributed by atoms with Gasteiger partial charge < -0.3 is 5.73 Å². The number of rotatable bonds is 6. The molecule has 7 heteroatoms. The van der Waals surface area contributed by atoms with Gasteiger partial charge in [0.1, 0.15) is 0 Å². The summed E-state index contributed by atoms with van der Waals surface area (Å²) in [5.74, 6) is 0.227. The summed E-state index contributed by atoms with van der Waals surface area (Å²) in [6, 6.07) is 9.63. The van der Waals surface area contributed by atoms with E-state index in [0.717, 1.165) is 22.9 Å². The number of hydrogen-bond acceptors (Lipinski definition) is 4. The second kappa shape index (κ2) is 9.30. The number of pyridine rings is 1. The van der Waals surface area contributed by atoms with E-state index in [2.05, 4.69) is 4.98 Å². The van der Waals surface area contributed by atoms with Gasteiger partial charge in [0.2, 0.25) is 0 Å². The van der Waals surface area contributed by atoms with E-state index in [0.29, 0.717) is 6.42 Å². The normalized spacial score (nSPS) is 12.3. The van der Waals surface area contributed by atoms with E-state index >= 15 is 0 Å². The molecule has 0 aliphatic rings. The van der Waals surface area contributed by atoms with Crippen LogP contribution in [0, 0.1) is 0 Å². The zero-order valence-corrected chi connectivity index (χ0v) is 14.9. The van der Waals surface area contributed by atoms with Gasteiger partial charge in [-0.2, -0.15) is 0 Å². The third-order valence-corrected chi connectivity index (χ3v) is 4.83. The first kappa shape index (κ1) is 21.1. The molecule has 0 spiro atoms. The summed E-state index contributed by atoms with van der Waals surface area (Å²) in [4.78, 5) is 4.29. The predicted molar refractivity (Wildman–Crippen MR) is 96.6 cm³/mol. The Morgan fingerprint density at radius 3 is 2.59 bits per heavy atom. The van der Waals surface area contributed by atoms with Gasteiger partial charge in [0, 0.05) is 17.6 Å². The highest BCUT2D eigenvalue weighted by molar-refractivity contribution is 7.90. The standard InChI is InChI=1S/C15H20N2O2S.2ClH/c1-12(16)5-4-8-20(18,19)11-13-9-14-6-2-3-7-15(14)17-10-13;;/h2-3,6-7,9-10,12H,4-5,8,11,16H2,1H3;2*1H/t12-;;/m0../s1. The third kappa shape index (κ3) is 6.48. The maximum absolute atomic E-state index is 12.0. The molecule has 1 heterocycles. The van der Waals surface area contributed by atoms with E-state index < -0.39 is 9.84 Å². The van der Waals surface area contributed by atoms with E-state index in [9.17, 15) is 8.42 Å². The molecular formula is C15H22Cl2N2O2S. The average Bonchev–Trinajstić information content (AvgIpc) is 2.37. The molecule has 1 aromatic heterocycles. The van der Waals surface area contributed by atoms with E-state index in [1.807, 2.05) is 37.3 Å². The van der Waals surface area contributed by atoms with Crippen LogP contribution in [0.15, 0.2) is 36.5 Å². The van der Waals surface area contributed by atoms with Crippen molar-refractivity contribution >= 4 is 45.6 Å². The maximum Gasteiger partial charge on any atom is 0.154 e. The minimum absolute atomic E-state index is 0. The lowest BCUT2D eigenvalue weighted by atomic mass is 10.2. The van der Waals surface area contributed by atoms with Crippen molar-refractivity contribution in [3.05, 3.63) is 42.1 Å². The van der Waals surface area contributed by atoms with Gasteiger partial charge in [-0.25, -0.2) is 8.42 Å². The van der Waals surface area contributed by atoms with Gasteiger partial charge >= 0.3 is 0 Å². The average molecular weight is 365 g/mol. The zero-order valence-electron chi connectivity index (χ0n) is 12.4. The summed E-state index contributed by atoms with van der Waals surface area (Å²) in [6.07, 6.45) is 2.99. The van der Waals surface area contributed by atoms with E-state index in [1.165, 1.54) is 0 Å². The maximum atomic E-state index is 12.0. The van der Waals surface area contributed by atoms with Crippen LogP contribution < -0.4 is 5.73 Å². The molecule has 2 rings (SSSR count). The lowest BCUT2D eigenvalue weighted by Crippen LogP contribution is -2.17. The fraction of sp³-hybridized carbons (Fsp3) is 0.400. The van der Waals surface area contributed by atoms with E-state index in [4.69, 9.17) is 5.73 Å². The molecule has 0 aliphatic heterocycles. The van der Waals surface area contributed by atoms with Crippen LogP contribution in [-0.2, 0) is 15.6 Å². The summed E-state index contributed by atoms with van der Waals surface area (Å²) >= 11 is 0. The van der Waals surface area contributed by atoms with Crippen molar-refractivity contribution in [2.75, 3.05) is 5.75 Å². The highest BCUT2D eigenvalue weighted by Gasteiger charge is 2.13. The predicted octanol–water partition coefficient (Wildman–Crippen LogP) is 3.12. The zero-order chi connectivity index (χ0) is 14.6. The van der Waals surface area contributed by atoms with Gasteiger partial charge in [-0.15, -0.1) is 24.8 Å². The first-order chi connectivity index (χ1) is 9.46. The summed E-state index contributed by atoms with van der Waals surface area (Å²) in [6.45, 7) is 1.89. The Morgan fingerprint density at radius 2 is 1.91 bits per heavy atom. The molecule has 1 atom stereocenters. The van der Waals surface area contributed by atoms with Crippen LogP contribution in [0.25, 0.3) is 10.9 Å². The number of benzene rings is 1. The molecule has 0 amide bonds. The molecule has 0 unspecified atom stereocenters. The van der Waals surface area contributed by atoms with Crippen molar-refractivity contribution in [1.29, 1.82) is 0 Å². The molecule has 0 aliphatic carbocycles. The monoisotopic (exact) mass is 364 g/mol. The second-order valence-corrected chi connectivity index (χ2v) is 7.43. The Balaban J connectivity index is 0.00000220. The summed E-state index contributed by atoms with van der Waals surface area (Å²) in [5.41, 5.74) is 7.25. The van der Waals surface area contributed by atoms with E-state index in [1.54, 1.807) is 6.20 Å². The minimum Gasteiger partial charge on any atom is -0.328 e. The number of sulfone groups is 1. The fourth-order valence-corrected chi connectivity index (χ4v) is 3.56. The fourth-order valence-electron chi connectivity index (χ4n) is 2.15. The Kier molecular flexibility index (Phi) is 8.93. The Labute approximate surface area is 144 Å². The molecule has 0 fully saturated rings. The van der Waals surface area contributed by atoms with Crippen molar-refractivity contribution in [1.82, 2.24) is 4.98 Å². The number of para-hydroxylation sites is 1. The highest BCUT2D eigenvalue weighted by Crippen LogP contribution is 2.15. The number of aromatic nitrogens is 1. The van der Waals surface area contributed by atoms with E-state index in [-0.39, 0.29) is 42.4 Å². The van der Waals surface area contributed by atoms with Crippen molar-refractivity contribution in [3.63, 3.8) is 0 Å². The van der Waals surface area contributed by atoms with Gasteiger partial charge in [-0.3, -0.25) is 4.98 Å². The van der Waals surface area contributed by atoms with Crippen LogP contribution in [0.1, 0.15) is 25.3 Å². The SMILES string of the molecule is C[C@H](N)CCCS(=O)(=O)Cc1cnc2ccccc2c1.Cl.Cl. The molecule has 0 radical (unpaired) electrons. The largest absolute Gasteiger partial charge is 0.328 e. The van der Waals surface area contributed by atoms with Crippen molar-refractivity contribution in [3.8, 4) is 0 Å². The molecule has 0 saturated carbocycles. The van der Waals surface area contributed by atoms with Gasteiger partial charge in [-0.1, -0.05) is 18.2 Å². The second-order valence-electron chi connectivity index (χ2n) is 5.25. The molecule has 22 heavy (non-hydrogen) atoms.